The van der Waals surface area contributed by atoms with E-state index in [0.29, 0.717) is 38.5 Å². The highest BCUT2D eigenvalue weighted by Gasteiger charge is 2.31. The van der Waals surface area contributed by atoms with Crippen LogP contribution < -0.4 is 14.8 Å². The predicted octanol–water partition coefficient (Wildman–Crippen LogP) is 4.05. The van der Waals surface area contributed by atoms with Crippen molar-refractivity contribution in [2.75, 3.05) is 40.0 Å². The van der Waals surface area contributed by atoms with Crippen LogP contribution in [0.15, 0.2) is 114 Å². The van der Waals surface area contributed by atoms with E-state index in [0.717, 1.165) is 22.4 Å². The molecule has 1 aliphatic heterocycles. The molecule has 246 valence electrons. The highest BCUT2D eigenvalue weighted by atomic mass is 32.2. The van der Waals surface area contributed by atoms with Gasteiger partial charge in [-0.05, 0) is 53.1 Å². The molecule has 1 N–H and O–H groups in total. The molecule has 1 heterocycles. The average molecular weight is 658 g/mol. The van der Waals surface area contributed by atoms with Gasteiger partial charge in [-0.15, -0.1) is 0 Å². The maximum atomic E-state index is 13.9. The number of amides is 2. The summed E-state index contributed by atoms with van der Waals surface area (Å²) in [5.74, 6) is 0.364. The highest BCUT2D eigenvalue weighted by molar-refractivity contribution is 7.89. The number of morpholine rings is 1. The molecule has 1 aliphatic rings. The Morgan fingerprint density at radius 3 is 2.02 bits per heavy atom. The first-order chi connectivity index (χ1) is 22.8. The number of nitrogens with one attached hydrogen (secondary N) is 1. The van der Waals surface area contributed by atoms with Gasteiger partial charge in [0.25, 0.3) is 5.91 Å². The number of ether oxygens (including phenoxy) is 3. The van der Waals surface area contributed by atoms with Crippen LogP contribution in [-0.2, 0) is 43.9 Å². The lowest BCUT2D eigenvalue weighted by Gasteiger charge is -2.31. The Morgan fingerprint density at radius 2 is 1.40 bits per heavy atom. The molecule has 1 saturated heterocycles. The number of rotatable bonds is 14. The fraction of sp³-hybridized carbons (Fsp3) is 0.278. The lowest BCUT2D eigenvalue weighted by molar-refractivity contribution is -0.142. The van der Waals surface area contributed by atoms with Crippen molar-refractivity contribution in [1.82, 2.24) is 14.5 Å². The van der Waals surface area contributed by atoms with Crippen molar-refractivity contribution < 1.29 is 32.2 Å². The zero-order valence-corrected chi connectivity index (χ0v) is 27.1. The Morgan fingerprint density at radius 1 is 0.809 bits per heavy atom. The van der Waals surface area contributed by atoms with Gasteiger partial charge in [-0.3, -0.25) is 9.59 Å². The lowest BCUT2D eigenvalue weighted by atomic mass is 10.0. The van der Waals surface area contributed by atoms with Gasteiger partial charge in [0.1, 0.15) is 17.5 Å². The molecular formula is C36H39N3O7S. The average Bonchev–Trinajstić information content (AvgIpc) is 3.12. The Hall–Kier alpha value is -4.71. The van der Waals surface area contributed by atoms with E-state index in [4.69, 9.17) is 14.2 Å². The predicted molar refractivity (Wildman–Crippen MR) is 177 cm³/mol. The minimum absolute atomic E-state index is 0.139. The third-order valence-electron chi connectivity index (χ3n) is 7.89. The minimum atomic E-state index is -3.67. The molecule has 0 aliphatic carbocycles. The molecule has 4 aromatic rings. The first-order valence-corrected chi connectivity index (χ1v) is 16.9. The Labute approximate surface area is 275 Å². The monoisotopic (exact) mass is 657 g/mol. The standard InChI is InChI=1S/C36H39N3O7S/c1-44-31-14-12-29(13-15-31)25-37-36(41)34(24-28-8-4-2-5-9-28)39(26-30-10-6-3-7-11-30)35(40)27-46-32-16-18-33(19-17-32)47(42,43)38-20-22-45-23-21-38/h2-19,34H,20-27H2,1H3,(H,37,41)/t34-/m0/s1. The van der Waals surface area contributed by atoms with E-state index in [9.17, 15) is 18.0 Å². The van der Waals surface area contributed by atoms with Gasteiger partial charge in [0.2, 0.25) is 15.9 Å². The molecule has 0 saturated carbocycles. The van der Waals surface area contributed by atoms with Crippen molar-refractivity contribution >= 4 is 21.8 Å². The zero-order valence-electron chi connectivity index (χ0n) is 26.3. The van der Waals surface area contributed by atoms with Crippen LogP contribution in [0.2, 0.25) is 0 Å². The SMILES string of the molecule is COc1ccc(CNC(=O)[C@H](Cc2ccccc2)N(Cc2ccccc2)C(=O)COc2ccc(S(=O)(=O)N3CCOCC3)cc2)cc1. The third kappa shape index (κ3) is 9.19. The Kier molecular flexibility index (Phi) is 11.6. The van der Waals surface area contributed by atoms with E-state index >= 15 is 0 Å². The fourth-order valence-electron chi connectivity index (χ4n) is 5.26. The van der Waals surface area contributed by atoms with Crippen molar-refractivity contribution in [3.05, 3.63) is 126 Å². The number of methoxy groups -OCH3 is 1. The zero-order chi connectivity index (χ0) is 33.1. The number of carbonyl (C=O) groups excluding carboxylic acids is 2. The van der Waals surface area contributed by atoms with Crippen LogP contribution in [0, 0.1) is 0 Å². The summed E-state index contributed by atoms with van der Waals surface area (Å²) in [7, 11) is -2.07. The second kappa shape index (κ2) is 16.2. The molecule has 1 atom stereocenters. The smallest absolute Gasteiger partial charge is 0.261 e. The van der Waals surface area contributed by atoms with E-state index in [1.54, 1.807) is 12.0 Å². The largest absolute Gasteiger partial charge is 0.497 e. The van der Waals surface area contributed by atoms with Crippen molar-refractivity contribution in [1.29, 1.82) is 0 Å². The molecular weight excluding hydrogens is 618 g/mol. The van der Waals surface area contributed by atoms with Crippen molar-refractivity contribution in [2.45, 2.75) is 30.4 Å². The molecule has 5 rings (SSSR count). The van der Waals surface area contributed by atoms with Crippen LogP contribution in [0.25, 0.3) is 0 Å². The fourth-order valence-corrected chi connectivity index (χ4v) is 6.66. The molecule has 0 unspecified atom stereocenters. The van der Waals surface area contributed by atoms with Crippen molar-refractivity contribution in [2.24, 2.45) is 0 Å². The summed E-state index contributed by atoms with van der Waals surface area (Å²) in [6.45, 7) is 1.41. The van der Waals surface area contributed by atoms with Crippen molar-refractivity contribution in [3.63, 3.8) is 0 Å². The molecule has 0 bridgehead atoms. The van der Waals surface area contributed by atoms with Crippen LogP contribution in [0.5, 0.6) is 11.5 Å². The molecule has 47 heavy (non-hydrogen) atoms. The number of hydrogen-bond acceptors (Lipinski definition) is 7. The van der Waals surface area contributed by atoms with E-state index in [-0.39, 0.29) is 36.4 Å². The van der Waals surface area contributed by atoms with Gasteiger partial charge < -0.3 is 24.4 Å². The summed E-state index contributed by atoms with van der Waals surface area (Å²) < 4.78 is 43.8. The van der Waals surface area contributed by atoms with Gasteiger partial charge in [-0.1, -0.05) is 72.8 Å². The second-order valence-corrected chi connectivity index (χ2v) is 13.0. The van der Waals surface area contributed by atoms with Gasteiger partial charge >= 0.3 is 0 Å². The van der Waals surface area contributed by atoms with E-state index in [1.165, 1.54) is 28.6 Å². The van der Waals surface area contributed by atoms with Crippen LogP contribution in [-0.4, -0.2) is 75.5 Å². The van der Waals surface area contributed by atoms with Crippen LogP contribution in [0.3, 0.4) is 0 Å². The van der Waals surface area contributed by atoms with Gasteiger partial charge in [0.15, 0.2) is 6.61 Å². The molecule has 1 fully saturated rings. The summed E-state index contributed by atoms with van der Waals surface area (Å²) in [4.78, 5) is 29.5. The molecule has 0 radical (unpaired) electrons. The Balaban J connectivity index is 1.34. The van der Waals surface area contributed by atoms with Gasteiger partial charge in [0, 0.05) is 32.6 Å². The maximum absolute atomic E-state index is 13.9. The molecule has 4 aromatic carbocycles. The van der Waals surface area contributed by atoms with E-state index in [2.05, 4.69) is 5.32 Å². The van der Waals surface area contributed by atoms with Gasteiger partial charge in [0.05, 0.1) is 25.2 Å². The first-order valence-electron chi connectivity index (χ1n) is 15.4. The van der Waals surface area contributed by atoms with E-state index < -0.39 is 16.1 Å². The molecule has 0 spiro atoms. The molecule has 11 heteroatoms. The van der Waals surface area contributed by atoms with Crippen LogP contribution in [0.1, 0.15) is 16.7 Å². The van der Waals surface area contributed by atoms with Gasteiger partial charge in [-0.25, -0.2) is 8.42 Å². The summed E-state index contributed by atoms with van der Waals surface area (Å²) in [6, 6.07) is 31.6. The molecule has 2 amide bonds. The third-order valence-corrected chi connectivity index (χ3v) is 9.80. The summed E-state index contributed by atoms with van der Waals surface area (Å²) >= 11 is 0. The van der Waals surface area contributed by atoms with Crippen LogP contribution >= 0.6 is 0 Å². The van der Waals surface area contributed by atoms with Crippen LogP contribution in [0.4, 0.5) is 0 Å². The second-order valence-electron chi connectivity index (χ2n) is 11.1. The topological polar surface area (TPSA) is 114 Å². The lowest BCUT2D eigenvalue weighted by Crippen LogP contribution is -2.51. The van der Waals surface area contributed by atoms with Gasteiger partial charge in [-0.2, -0.15) is 4.31 Å². The Bertz CT molecular complexity index is 1700. The number of hydrogen-bond donors (Lipinski definition) is 1. The molecule has 10 nitrogen and oxygen atoms in total. The number of sulfonamides is 1. The first kappa shape index (κ1) is 33.6. The van der Waals surface area contributed by atoms with Crippen molar-refractivity contribution in [3.8, 4) is 11.5 Å². The molecule has 0 aromatic heterocycles. The number of nitrogens with zero attached hydrogens (tertiary/aromatic N) is 2. The quantitative estimate of drug-likeness (QED) is 0.218. The summed E-state index contributed by atoms with van der Waals surface area (Å²) in [5, 5.41) is 3.02. The number of carbonyl (C=O) groups is 2. The van der Waals surface area contributed by atoms with E-state index in [1.807, 2.05) is 84.9 Å². The summed E-state index contributed by atoms with van der Waals surface area (Å²) in [5.41, 5.74) is 2.65. The minimum Gasteiger partial charge on any atom is -0.497 e. The maximum Gasteiger partial charge on any atom is 0.261 e. The number of benzene rings is 4. The normalized spacial score (nSPS) is 14.1. The highest BCUT2D eigenvalue weighted by Crippen LogP contribution is 2.22. The summed E-state index contributed by atoms with van der Waals surface area (Å²) in [6.07, 6.45) is 0.294.